The average Bonchev–Trinajstić information content (AvgIpc) is 2.81. The fourth-order valence-electron chi connectivity index (χ4n) is 1.33. The van der Waals surface area contributed by atoms with Gasteiger partial charge in [-0.25, -0.2) is 4.98 Å². The molecule has 1 N–H and O–H groups in total. The first-order valence-electron chi connectivity index (χ1n) is 4.99. The quantitative estimate of drug-likeness (QED) is 0.685. The van der Waals surface area contributed by atoms with Crippen molar-refractivity contribution in [2.45, 2.75) is 22.3 Å². The van der Waals surface area contributed by atoms with E-state index in [9.17, 15) is 15.2 Å². The Hall–Kier alpha value is -1.51. The topological polar surface area (TPSA) is 89.2 Å². The van der Waals surface area contributed by atoms with Crippen molar-refractivity contribution in [2.75, 3.05) is 0 Å². The van der Waals surface area contributed by atoms with Crippen molar-refractivity contribution in [3.05, 3.63) is 40.2 Å². The number of aliphatic hydroxyl groups is 1. The largest absolute Gasteiger partial charge is 0.389 e. The summed E-state index contributed by atoms with van der Waals surface area (Å²) in [7, 11) is 0. The summed E-state index contributed by atoms with van der Waals surface area (Å²) in [5.74, 6) is 0. The fraction of sp³-hybridized carbons (Fsp3) is 0.200. The van der Waals surface area contributed by atoms with Crippen LogP contribution in [0, 0.1) is 10.1 Å². The molecule has 0 radical (unpaired) electrons. The summed E-state index contributed by atoms with van der Waals surface area (Å²) < 4.78 is 4.48. The van der Waals surface area contributed by atoms with Crippen molar-refractivity contribution in [3.63, 3.8) is 0 Å². The zero-order valence-electron chi connectivity index (χ0n) is 9.31. The highest BCUT2D eigenvalue weighted by Crippen LogP contribution is 2.36. The second-order valence-corrected chi connectivity index (χ2v) is 5.54. The third-order valence-corrected chi connectivity index (χ3v) is 3.98. The molecule has 0 saturated carbocycles. The lowest BCUT2D eigenvalue weighted by Crippen LogP contribution is -1.96. The number of aliphatic hydroxyl groups excluding tert-OH is 1. The van der Waals surface area contributed by atoms with Crippen LogP contribution in [0.15, 0.2) is 33.8 Å². The Labute approximate surface area is 111 Å². The summed E-state index contributed by atoms with van der Waals surface area (Å²) in [6.07, 6.45) is 0.674. The van der Waals surface area contributed by atoms with E-state index in [4.69, 9.17) is 0 Å². The number of rotatable bonds is 4. The van der Waals surface area contributed by atoms with Crippen LogP contribution in [-0.4, -0.2) is 19.4 Å². The molecule has 0 bridgehead atoms. The normalized spacial score (nSPS) is 12.3. The molecule has 1 atom stereocenters. The van der Waals surface area contributed by atoms with Gasteiger partial charge in [0, 0.05) is 6.07 Å². The van der Waals surface area contributed by atoms with E-state index in [0.29, 0.717) is 14.8 Å². The van der Waals surface area contributed by atoms with Gasteiger partial charge in [0.2, 0.25) is 0 Å². The zero-order chi connectivity index (χ0) is 13.1. The lowest BCUT2D eigenvalue weighted by Gasteiger charge is -2.06. The molecule has 6 nitrogen and oxygen atoms in total. The van der Waals surface area contributed by atoms with Crippen LogP contribution in [0.5, 0.6) is 0 Å². The van der Waals surface area contributed by atoms with Gasteiger partial charge in [0.05, 0.1) is 15.9 Å². The molecule has 0 spiro atoms. The Morgan fingerprint density at radius 2 is 2.33 bits per heavy atom. The van der Waals surface area contributed by atoms with Gasteiger partial charge in [-0.2, -0.15) is 4.37 Å². The van der Waals surface area contributed by atoms with Gasteiger partial charge < -0.3 is 5.11 Å². The first kappa shape index (κ1) is 12.9. The van der Waals surface area contributed by atoms with Crippen LogP contribution in [0.1, 0.15) is 18.6 Å². The number of nitrogens with zero attached hydrogens (tertiary/aromatic N) is 3. The summed E-state index contributed by atoms with van der Waals surface area (Å²) in [4.78, 5) is 15.0. The molecule has 1 heterocycles. The van der Waals surface area contributed by atoms with Gasteiger partial charge in [-0.15, -0.1) is 0 Å². The monoisotopic (exact) mass is 283 g/mol. The molecule has 18 heavy (non-hydrogen) atoms. The van der Waals surface area contributed by atoms with Crippen molar-refractivity contribution in [1.29, 1.82) is 0 Å². The number of nitro groups is 1. The summed E-state index contributed by atoms with van der Waals surface area (Å²) in [5.41, 5.74) is 0.483. The van der Waals surface area contributed by atoms with Crippen molar-refractivity contribution in [3.8, 4) is 0 Å². The number of benzene rings is 1. The molecule has 8 heteroatoms. The molecule has 94 valence electrons. The number of hydrogen-bond acceptors (Lipinski definition) is 7. The smallest absolute Gasteiger partial charge is 0.283 e. The van der Waals surface area contributed by atoms with Gasteiger partial charge in [-0.05, 0) is 30.1 Å². The van der Waals surface area contributed by atoms with Crippen LogP contribution in [-0.2, 0) is 0 Å². The van der Waals surface area contributed by atoms with Crippen LogP contribution >= 0.6 is 23.3 Å². The van der Waals surface area contributed by atoms with Crippen LogP contribution in [0.2, 0.25) is 0 Å². The van der Waals surface area contributed by atoms with Gasteiger partial charge in [0.25, 0.3) is 5.69 Å². The fourth-order valence-corrected chi connectivity index (χ4v) is 2.81. The lowest BCUT2D eigenvalue weighted by atomic mass is 10.1. The van der Waals surface area contributed by atoms with E-state index in [2.05, 4.69) is 9.36 Å². The lowest BCUT2D eigenvalue weighted by molar-refractivity contribution is -0.387. The molecule has 0 amide bonds. The molecule has 0 saturated heterocycles. The summed E-state index contributed by atoms with van der Waals surface area (Å²) in [6.45, 7) is 1.57. The maximum atomic E-state index is 11.0. The summed E-state index contributed by atoms with van der Waals surface area (Å²) in [5, 5.41) is 20.4. The number of aromatic nitrogens is 2. The van der Waals surface area contributed by atoms with Crippen LogP contribution in [0.4, 0.5) is 5.69 Å². The minimum Gasteiger partial charge on any atom is -0.389 e. The molecule has 0 aliphatic carbocycles. The van der Waals surface area contributed by atoms with E-state index in [0.717, 1.165) is 0 Å². The van der Waals surface area contributed by atoms with E-state index in [1.807, 2.05) is 0 Å². The van der Waals surface area contributed by atoms with Gasteiger partial charge in [-0.3, -0.25) is 10.1 Å². The second-order valence-electron chi connectivity index (χ2n) is 3.47. The minimum absolute atomic E-state index is 0.0337. The minimum atomic E-state index is -0.732. The van der Waals surface area contributed by atoms with Crippen molar-refractivity contribution < 1.29 is 10.0 Å². The molecule has 1 aromatic heterocycles. The molecule has 0 aliphatic rings. The van der Waals surface area contributed by atoms with Crippen molar-refractivity contribution >= 4 is 29.0 Å². The third-order valence-electron chi connectivity index (χ3n) is 2.20. The van der Waals surface area contributed by atoms with E-state index < -0.39 is 11.0 Å². The zero-order valence-corrected chi connectivity index (χ0v) is 10.9. The van der Waals surface area contributed by atoms with Gasteiger partial charge in [0.15, 0.2) is 4.34 Å². The molecule has 0 fully saturated rings. The maximum absolute atomic E-state index is 11.0. The molecule has 0 aliphatic heterocycles. The van der Waals surface area contributed by atoms with Crippen molar-refractivity contribution in [1.82, 2.24) is 9.36 Å². The molecule has 2 rings (SSSR count). The van der Waals surface area contributed by atoms with E-state index >= 15 is 0 Å². The van der Waals surface area contributed by atoms with E-state index in [-0.39, 0.29) is 5.69 Å². The highest BCUT2D eigenvalue weighted by Gasteiger charge is 2.18. The average molecular weight is 283 g/mol. The highest BCUT2D eigenvalue weighted by molar-refractivity contribution is 8.01. The highest BCUT2D eigenvalue weighted by atomic mass is 32.2. The van der Waals surface area contributed by atoms with Crippen LogP contribution in [0.25, 0.3) is 0 Å². The predicted octanol–water partition coefficient (Wildman–Crippen LogP) is 2.65. The van der Waals surface area contributed by atoms with Gasteiger partial charge in [-0.1, -0.05) is 17.8 Å². The van der Waals surface area contributed by atoms with Crippen molar-refractivity contribution in [2.24, 2.45) is 0 Å². The molecular weight excluding hydrogens is 274 g/mol. The predicted molar refractivity (Wildman–Crippen MR) is 67.8 cm³/mol. The summed E-state index contributed by atoms with van der Waals surface area (Å²) >= 11 is 2.37. The molecule has 0 unspecified atom stereocenters. The SMILES string of the molecule is C[C@H](O)c1ccc(Sc2ncns2)c([N+](=O)[O-])c1. The van der Waals surface area contributed by atoms with E-state index in [1.54, 1.807) is 19.1 Å². The first-order chi connectivity index (χ1) is 8.58. The first-order valence-corrected chi connectivity index (χ1v) is 6.58. The van der Waals surface area contributed by atoms with E-state index in [1.165, 1.54) is 35.7 Å². The Balaban J connectivity index is 2.37. The standard InChI is InChI=1S/C10H9N3O3S2/c1-6(14)7-2-3-9(8(4-7)13(15)16)17-10-11-5-12-18-10/h2-6,14H,1H3/t6-/m0/s1. The van der Waals surface area contributed by atoms with Crippen LogP contribution in [0.3, 0.4) is 0 Å². The Bertz CT molecular complexity index is 558. The third kappa shape index (κ3) is 2.84. The van der Waals surface area contributed by atoms with Gasteiger partial charge in [0.1, 0.15) is 6.33 Å². The molecule has 1 aromatic carbocycles. The summed E-state index contributed by atoms with van der Waals surface area (Å²) in [6, 6.07) is 4.67. The second kappa shape index (κ2) is 5.42. The van der Waals surface area contributed by atoms with Crippen LogP contribution < -0.4 is 0 Å². The maximum Gasteiger partial charge on any atom is 0.283 e. The van der Waals surface area contributed by atoms with Gasteiger partial charge >= 0.3 is 0 Å². The Morgan fingerprint density at radius 3 is 2.89 bits per heavy atom. The molecular formula is C10H9N3O3S2. The molecule has 2 aromatic rings. The number of nitro benzene ring substituents is 1. The Morgan fingerprint density at radius 1 is 1.56 bits per heavy atom. The number of hydrogen-bond donors (Lipinski definition) is 1. The Kier molecular flexibility index (Phi) is 3.90.